The fourth-order valence-electron chi connectivity index (χ4n) is 1.04. The van der Waals surface area contributed by atoms with Crippen molar-refractivity contribution in [2.24, 2.45) is 0 Å². The fraction of sp³-hybridized carbons (Fsp3) is 0.500. The summed E-state index contributed by atoms with van der Waals surface area (Å²) in [6.45, 7) is 0. The molecule has 0 aliphatic heterocycles. The van der Waals surface area contributed by atoms with Crippen LogP contribution in [0.3, 0.4) is 0 Å². The molecule has 0 aliphatic rings. The first-order chi connectivity index (χ1) is 7.08. The van der Waals surface area contributed by atoms with Crippen LogP contribution in [0.25, 0.3) is 0 Å². The highest BCUT2D eigenvalue weighted by atomic mass is 19.4. The van der Waals surface area contributed by atoms with Crippen molar-refractivity contribution in [1.29, 1.82) is 0 Å². The molecule has 1 N–H and O–H groups in total. The van der Waals surface area contributed by atoms with Gasteiger partial charge >= 0.3 is 18.0 Å². The topological polar surface area (TPSA) is 15.8 Å². The van der Waals surface area contributed by atoms with Gasteiger partial charge in [0.15, 0.2) is 0 Å². The third-order valence-electron chi connectivity index (χ3n) is 1.89. The molecule has 16 heavy (non-hydrogen) atoms. The number of rotatable bonds is 3. The SMILES string of the molecule is FC(F)(F)C(F)(F)C(F)(F)Cc1ccc[nH]1. The second-order valence-electron chi connectivity index (χ2n) is 3.15. The summed E-state index contributed by atoms with van der Waals surface area (Å²) in [6.07, 6.45) is -6.83. The summed E-state index contributed by atoms with van der Waals surface area (Å²) < 4.78 is 85.5. The van der Waals surface area contributed by atoms with Crippen molar-refractivity contribution >= 4 is 0 Å². The lowest BCUT2D eigenvalue weighted by atomic mass is 10.1. The van der Waals surface area contributed by atoms with E-state index in [2.05, 4.69) is 4.98 Å². The molecule has 0 unspecified atom stereocenters. The van der Waals surface area contributed by atoms with Gasteiger partial charge < -0.3 is 4.98 Å². The summed E-state index contributed by atoms with van der Waals surface area (Å²) in [4.78, 5) is 2.14. The van der Waals surface area contributed by atoms with Gasteiger partial charge in [0.25, 0.3) is 0 Å². The van der Waals surface area contributed by atoms with Gasteiger partial charge in [-0.05, 0) is 12.1 Å². The normalized spacial score (nSPS) is 14.2. The molecule has 0 radical (unpaired) electrons. The maximum absolute atomic E-state index is 12.8. The van der Waals surface area contributed by atoms with Gasteiger partial charge in [0.05, 0.1) is 6.42 Å². The van der Waals surface area contributed by atoms with Gasteiger partial charge in [-0.25, -0.2) is 0 Å². The zero-order chi connectivity index (χ0) is 12.6. The second-order valence-corrected chi connectivity index (χ2v) is 3.15. The van der Waals surface area contributed by atoms with Crippen LogP contribution in [0.4, 0.5) is 30.7 Å². The number of nitrogens with one attached hydrogen (secondary N) is 1. The van der Waals surface area contributed by atoms with Crippen LogP contribution >= 0.6 is 0 Å². The van der Waals surface area contributed by atoms with Gasteiger partial charge in [0.2, 0.25) is 0 Å². The Morgan fingerprint density at radius 3 is 1.94 bits per heavy atom. The molecular formula is C8H6F7N. The number of aromatic nitrogens is 1. The smallest absolute Gasteiger partial charge is 0.365 e. The Morgan fingerprint density at radius 2 is 1.56 bits per heavy atom. The minimum absolute atomic E-state index is 0.395. The highest BCUT2D eigenvalue weighted by Crippen LogP contribution is 2.47. The zero-order valence-corrected chi connectivity index (χ0v) is 7.58. The third-order valence-corrected chi connectivity index (χ3v) is 1.89. The molecule has 8 heteroatoms. The van der Waals surface area contributed by atoms with E-state index in [4.69, 9.17) is 0 Å². The first-order valence-electron chi connectivity index (χ1n) is 4.02. The van der Waals surface area contributed by atoms with Gasteiger partial charge in [-0.3, -0.25) is 0 Å². The first kappa shape index (κ1) is 12.9. The van der Waals surface area contributed by atoms with Crippen LogP contribution in [0.1, 0.15) is 5.69 Å². The molecule has 1 aromatic heterocycles. The maximum Gasteiger partial charge on any atom is 0.459 e. The average molecular weight is 249 g/mol. The van der Waals surface area contributed by atoms with Crippen LogP contribution in [-0.4, -0.2) is 23.0 Å². The van der Waals surface area contributed by atoms with Crippen molar-refractivity contribution in [3.63, 3.8) is 0 Å². The Kier molecular flexibility index (Phi) is 2.95. The standard InChI is InChI=1S/C8H6F7N/c9-6(10,4-5-2-1-3-16-5)7(11,12)8(13,14)15/h1-3,16H,4H2. The molecule has 1 nitrogen and oxygen atoms in total. The van der Waals surface area contributed by atoms with E-state index in [0.29, 0.717) is 0 Å². The first-order valence-corrected chi connectivity index (χ1v) is 4.02. The molecule has 1 rings (SSSR count). The Morgan fingerprint density at radius 1 is 1.00 bits per heavy atom. The van der Waals surface area contributed by atoms with E-state index in [1.165, 1.54) is 6.07 Å². The highest BCUT2D eigenvalue weighted by molar-refractivity contribution is 5.08. The molecule has 0 spiro atoms. The predicted molar refractivity (Wildman–Crippen MR) is 40.4 cm³/mol. The zero-order valence-electron chi connectivity index (χ0n) is 7.58. The van der Waals surface area contributed by atoms with Gasteiger partial charge in [0.1, 0.15) is 0 Å². The number of halogens is 7. The molecule has 0 saturated carbocycles. The van der Waals surface area contributed by atoms with Crippen LogP contribution in [0.5, 0.6) is 0 Å². The molecule has 0 amide bonds. The van der Waals surface area contributed by atoms with Gasteiger partial charge in [0, 0.05) is 11.9 Å². The Labute approximate surface area is 85.3 Å². The summed E-state index contributed by atoms with van der Waals surface area (Å²) in [5, 5.41) is 0. The molecule has 92 valence electrons. The van der Waals surface area contributed by atoms with Crippen molar-refractivity contribution in [1.82, 2.24) is 4.98 Å². The Bertz CT molecular complexity index is 338. The minimum atomic E-state index is -6.27. The summed E-state index contributed by atoms with van der Waals surface area (Å²) in [5.41, 5.74) is -0.395. The summed E-state index contributed by atoms with van der Waals surface area (Å²) in [5.74, 6) is -11.2. The molecule has 0 aromatic carbocycles. The minimum Gasteiger partial charge on any atom is -0.365 e. The predicted octanol–water partition coefficient (Wildman–Crippen LogP) is 3.39. The Balaban J connectivity index is 2.93. The van der Waals surface area contributed by atoms with E-state index in [0.717, 1.165) is 12.3 Å². The third kappa shape index (κ3) is 2.14. The molecule has 1 heterocycles. The largest absolute Gasteiger partial charge is 0.459 e. The van der Waals surface area contributed by atoms with E-state index >= 15 is 0 Å². The molecule has 0 fully saturated rings. The van der Waals surface area contributed by atoms with E-state index in [-0.39, 0.29) is 0 Å². The molecule has 0 aliphatic carbocycles. The van der Waals surface area contributed by atoms with Gasteiger partial charge in [-0.15, -0.1) is 0 Å². The number of aromatic amines is 1. The van der Waals surface area contributed by atoms with Crippen molar-refractivity contribution < 1.29 is 30.7 Å². The highest BCUT2D eigenvalue weighted by Gasteiger charge is 2.72. The van der Waals surface area contributed by atoms with E-state index in [9.17, 15) is 30.7 Å². The molecule has 0 bridgehead atoms. The second kappa shape index (κ2) is 3.67. The van der Waals surface area contributed by atoms with Crippen molar-refractivity contribution in [2.75, 3.05) is 0 Å². The number of alkyl halides is 7. The molecule has 1 aromatic rings. The van der Waals surface area contributed by atoms with Crippen LogP contribution in [0.2, 0.25) is 0 Å². The van der Waals surface area contributed by atoms with Gasteiger partial charge in [-0.1, -0.05) is 0 Å². The van der Waals surface area contributed by atoms with Crippen molar-refractivity contribution in [3.8, 4) is 0 Å². The van der Waals surface area contributed by atoms with Crippen LogP contribution in [0, 0.1) is 0 Å². The van der Waals surface area contributed by atoms with Crippen LogP contribution < -0.4 is 0 Å². The number of hydrogen-bond donors (Lipinski definition) is 1. The van der Waals surface area contributed by atoms with Crippen molar-refractivity contribution in [3.05, 3.63) is 24.0 Å². The van der Waals surface area contributed by atoms with Crippen molar-refractivity contribution in [2.45, 2.75) is 24.4 Å². The number of hydrogen-bond acceptors (Lipinski definition) is 0. The monoisotopic (exact) mass is 249 g/mol. The van der Waals surface area contributed by atoms with Gasteiger partial charge in [-0.2, -0.15) is 30.7 Å². The summed E-state index contributed by atoms with van der Waals surface area (Å²) in [6, 6.07) is 2.22. The maximum atomic E-state index is 12.8. The van der Waals surface area contributed by atoms with E-state index in [1.54, 1.807) is 0 Å². The van der Waals surface area contributed by atoms with Crippen LogP contribution in [-0.2, 0) is 6.42 Å². The summed E-state index contributed by atoms with van der Waals surface area (Å²) >= 11 is 0. The lowest BCUT2D eigenvalue weighted by Crippen LogP contribution is -2.53. The lowest BCUT2D eigenvalue weighted by molar-refractivity contribution is -0.354. The number of H-pyrrole nitrogens is 1. The van der Waals surface area contributed by atoms with E-state index < -0.39 is 30.1 Å². The average Bonchev–Trinajstić information content (AvgIpc) is 2.53. The molecule has 0 saturated heterocycles. The van der Waals surface area contributed by atoms with Crippen LogP contribution in [0.15, 0.2) is 18.3 Å². The van der Waals surface area contributed by atoms with E-state index in [1.807, 2.05) is 0 Å². The lowest BCUT2D eigenvalue weighted by Gasteiger charge is -2.27. The summed E-state index contributed by atoms with van der Waals surface area (Å²) in [7, 11) is 0. The molecular weight excluding hydrogens is 243 g/mol. The molecule has 0 atom stereocenters. The Hall–Kier alpha value is -1.21. The quantitative estimate of drug-likeness (QED) is 0.790. The fourth-order valence-corrected chi connectivity index (χ4v) is 1.04.